The summed E-state index contributed by atoms with van der Waals surface area (Å²) in [4.78, 5) is 22.4. The Morgan fingerprint density at radius 1 is 1.12 bits per heavy atom. The van der Waals surface area contributed by atoms with Gasteiger partial charge in [-0.05, 0) is 36.8 Å². The Morgan fingerprint density at radius 2 is 1.81 bits per heavy atom. The maximum absolute atomic E-state index is 13.0. The van der Waals surface area contributed by atoms with Crippen LogP contribution in [0.5, 0.6) is 0 Å². The summed E-state index contributed by atoms with van der Waals surface area (Å²) in [6.45, 7) is 3.57. The third kappa shape index (κ3) is 2.82. The molecular formula is C17H19N5O3S. The quantitative estimate of drug-likeness (QED) is 0.864. The Labute approximate surface area is 151 Å². The lowest BCUT2D eigenvalue weighted by Crippen LogP contribution is -2.49. The first-order valence-corrected chi connectivity index (χ1v) is 9.88. The topological polar surface area (TPSA) is 95.5 Å². The molecule has 136 valence electrons. The van der Waals surface area contributed by atoms with E-state index >= 15 is 0 Å². The fraction of sp³-hybridized carbons (Fsp3) is 0.353. The first-order chi connectivity index (χ1) is 12.5. The molecule has 2 aromatic rings. The zero-order valence-electron chi connectivity index (χ0n) is 14.3. The van der Waals surface area contributed by atoms with Crippen molar-refractivity contribution < 1.29 is 13.2 Å². The zero-order valence-corrected chi connectivity index (χ0v) is 15.1. The van der Waals surface area contributed by atoms with Gasteiger partial charge in [-0.2, -0.15) is 4.31 Å². The molecule has 1 fully saturated rings. The Morgan fingerprint density at radius 3 is 2.50 bits per heavy atom. The molecule has 0 radical (unpaired) electrons. The fourth-order valence-electron chi connectivity index (χ4n) is 3.29. The standard InChI is InChI=1S/C17H19N5O3S/c1-12-14-11-13(3-4-15(14)20-16(12)23)26(24,25)22-9-7-21(8-10-22)17-18-5-2-6-19-17/h2-6,11-12H,7-10H2,1H3,(H,20,23)/t12-/m0/s1. The third-order valence-corrected chi connectivity index (χ3v) is 6.75. The van der Waals surface area contributed by atoms with Gasteiger partial charge in [0.25, 0.3) is 0 Å². The number of aromatic nitrogens is 2. The van der Waals surface area contributed by atoms with Crippen LogP contribution in [0, 0.1) is 0 Å². The van der Waals surface area contributed by atoms with Crippen molar-refractivity contribution in [2.24, 2.45) is 0 Å². The van der Waals surface area contributed by atoms with Crippen molar-refractivity contribution >= 4 is 27.6 Å². The molecule has 0 saturated carbocycles. The molecule has 2 aliphatic rings. The molecule has 8 nitrogen and oxygen atoms in total. The van der Waals surface area contributed by atoms with Crippen molar-refractivity contribution in [1.82, 2.24) is 14.3 Å². The first-order valence-electron chi connectivity index (χ1n) is 8.44. The second-order valence-corrected chi connectivity index (χ2v) is 8.34. The van der Waals surface area contributed by atoms with Crippen LogP contribution in [0.3, 0.4) is 0 Å². The van der Waals surface area contributed by atoms with Crippen molar-refractivity contribution in [3.05, 3.63) is 42.2 Å². The summed E-state index contributed by atoms with van der Waals surface area (Å²) in [5.41, 5.74) is 1.42. The second-order valence-electron chi connectivity index (χ2n) is 6.40. The molecule has 9 heteroatoms. The number of amides is 1. The summed E-state index contributed by atoms with van der Waals surface area (Å²) in [6, 6.07) is 6.58. The lowest BCUT2D eigenvalue weighted by molar-refractivity contribution is -0.116. The number of carbonyl (C=O) groups is 1. The fourth-order valence-corrected chi connectivity index (χ4v) is 4.75. The van der Waals surface area contributed by atoms with Gasteiger partial charge >= 0.3 is 0 Å². The van der Waals surface area contributed by atoms with Gasteiger partial charge in [0.1, 0.15) is 0 Å². The second kappa shape index (κ2) is 6.33. The van der Waals surface area contributed by atoms with E-state index < -0.39 is 10.0 Å². The monoisotopic (exact) mass is 373 g/mol. The molecule has 0 aliphatic carbocycles. The van der Waals surface area contributed by atoms with E-state index in [1.54, 1.807) is 43.6 Å². The lowest BCUT2D eigenvalue weighted by atomic mass is 10.0. The number of piperazine rings is 1. The van der Waals surface area contributed by atoms with Crippen molar-refractivity contribution in [3.8, 4) is 0 Å². The van der Waals surface area contributed by atoms with Crippen molar-refractivity contribution in [2.75, 3.05) is 36.4 Å². The van der Waals surface area contributed by atoms with Crippen LogP contribution >= 0.6 is 0 Å². The van der Waals surface area contributed by atoms with E-state index in [2.05, 4.69) is 15.3 Å². The molecule has 0 spiro atoms. The summed E-state index contributed by atoms with van der Waals surface area (Å²) < 4.78 is 27.5. The Hall–Kier alpha value is -2.52. The lowest BCUT2D eigenvalue weighted by Gasteiger charge is -2.33. The first kappa shape index (κ1) is 16.9. The van der Waals surface area contributed by atoms with Gasteiger partial charge in [-0.3, -0.25) is 4.79 Å². The Bertz CT molecular complexity index is 940. The highest BCUT2D eigenvalue weighted by Gasteiger charge is 2.32. The van der Waals surface area contributed by atoms with Gasteiger partial charge in [-0.1, -0.05) is 0 Å². The maximum Gasteiger partial charge on any atom is 0.243 e. The number of hydrogen-bond acceptors (Lipinski definition) is 6. The number of nitrogens with zero attached hydrogens (tertiary/aromatic N) is 4. The highest BCUT2D eigenvalue weighted by Crippen LogP contribution is 2.34. The normalized spacial score (nSPS) is 20.7. The van der Waals surface area contributed by atoms with E-state index in [0.29, 0.717) is 37.8 Å². The molecule has 1 atom stereocenters. The van der Waals surface area contributed by atoms with Crippen LogP contribution in [0.2, 0.25) is 0 Å². The SMILES string of the molecule is C[C@@H]1C(=O)Nc2ccc(S(=O)(=O)N3CCN(c4ncccn4)CC3)cc21. The van der Waals surface area contributed by atoms with Gasteiger partial charge in [-0.25, -0.2) is 18.4 Å². The number of hydrogen-bond donors (Lipinski definition) is 1. The Kier molecular flexibility index (Phi) is 4.12. The van der Waals surface area contributed by atoms with Gasteiger partial charge in [-0.15, -0.1) is 0 Å². The number of fused-ring (bicyclic) bond motifs is 1. The number of benzene rings is 1. The van der Waals surface area contributed by atoms with Crippen LogP contribution in [-0.4, -0.2) is 54.8 Å². The minimum Gasteiger partial charge on any atom is -0.338 e. The molecule has 1 amide bonds. The molecule has 0 bridgehead atoms. The number of rotatable bonds is 3. The highest BCUT2D eigenvalue weighted by atomic mass is 32.2. The third-order valence-electron chi connectivity index (χ3n) is 4.85. The predicted molar refractivity (Wildman–Crippen MR) is 96.5 cm³/mol. The molecule has 4 rings (SSSR count). The van der Waals surface area contributed by atoms with Crippen LogP contribution in [0.1, 0.15) is 18.4 Å². The molecule has 1 saturated heterocycles. The van der Waals surface area contributed by atoms with Crippen molar-refractivity contribution in [1.29, 1.82) is 0 Å². The van der Waals surface area contributed by atoms with Gasteiger partial charge < -0.3 is 10.2 Å². The van der Waals surface area contributed by atoms with Gasteiger partial charge in [0.15, 0.2) is 0 Å². The van der Waals surface area contributed by atoms with E-state index in [9.17, 15) is 13.2 Å². The zero-order chi connectivity index (χ0) is 18.3. The average Bonchev–Trinajstić information content (AvgIpc) is 2.96. The molecule has 26 heavy (non-hydrogen) atoms. The molecular weight excluding hydrogens is 354 g/mol. The van der Waals surface area contributed by atoms with Crippen LogP contribution in [-0.2, 0) is 14.8 Å². The number of anilines is 2. The molecule has 1 N–H and O–H groups in total. The Balaban J connectivity index is 1.53. The summed E-state index contributed by atoms with van der Waals surface area (Å²) in [6.07, 6.45) is 3.35. The summed E-state index contributed by atoms with van der Waals surface area (Å²) in [5, 5.41) is 2.76. The smallest absolute Gasteiger partial charge is 0.243 e. The number of sulfonamides is 1. The highest BCUT2D eigenvalue weighted by molar-refractivity contribution is 7.89. The van der Waals surface area contributed by atoms with E-state index in [4.69, 9.17) is 0 Å². The molecule has 0 unspecified atom stereocenters. The van der Waals surface area contributed by atoms with Gasteiger partial charge in [0, 0.05) is 44.3 Å². The minimum absolute atomic E-state index is 0.106. The van der Waals surface area contributed by atoms with Crippen molar-refractivity contribution in [3.63, 3.8) is 0 Å². The van der Waals surface area contributed by atoms with Crippen LogP contribution in [0.25, 0.3) is 0 Å². The summed E-state index contributed by atoms with van der Waals surface area (Å²) in [7, 11) is -3.60. The predicted octanol–water partition coefficient (Wildman–Crippen LogP) is 1.04. The van der Waals surface area contributed by atoms with E-state index in [0.717, 1.165) is 5.56 Å². The average molecular weight is 373 g/mol. The van der Waals surface area contributed by atoms with E-state index in [1.807, 2.05) is 4.90 Å². The number of nitrogens with one attached hydrogen (secondary N) is 1. The van der Waals surface area contributed by atoms with Crippen LogP contribution in [0.15, 0.2) is 41.6 Å². The van der Waals surface area contributed by atoms with Crippen molar-refractivity contribution in [2.45, 2.75) is 17.7 Å². The number of carbonyl (C=O) groups excluding carboxylic acids is 1. The molecule has 3 heterocycles. The van der Waals surface area contributed by atoms with E-state index in [1.165, 1.54) is 4.31 Å². The van der Waals surface area contributed by atoms with Gasteiger partial charge in [0.05, 0.1) is 10.8 Å². The molecule has 2 aliphatic heterocycles. The maximum atomic E-state index is 13.0. The van der Waals surface area contributed by atoms with E-state index in [-0.39, 0.29) is 16.7 Å². The minimum atomic E-state index is -3.60. The molecule has 1 aromatic carbocycles. The van der Waals surface area contributed by atoms with Gasteiger partial charge in [0.2, 0.25) is 21.9 Å². The van der Waals surface area contributed by atoms with Crippen LogP contribution in [0.4, 0.5) is 11.6 Å². The summed E-state index contributed by atoms with van der Waals surface area (Å²) >= 11 is 0. The van der Waals surface area contributed by atoms with Crippen LogP contribution < -0.4 is 10.2 Å². The molecule has 1 aromatic heterocycles. The summed E-state index contributed by atoms with van der Waals surface area (Å²) in [5.74, 6) is 0.166. The largest absolute Gasteiger partial charge is 0.338 e.